The van der Waals surface area contributed by atoms with Crippen molar-refractivity contribution in [3.63, 3.8) is 0 Å². The number of benzene rings is 3. The molecule has 1 aromatic heterocycles. The van der Waals surface area contributed by atoms with Gasteiger partial charge in [-0.25, -0.2) is 5.43 Å². The summed E-state index contributed by atoms with van der Waals surface area (Å²) in [6, 6.07) is 22.5. The molecule has 0 fully saturated rings. The molecule has 0 aliphatic heterocycles. The maximum atomic E-state index is 12.4. The van der Waals surface area contributed by atoms with Crippen LogP contribution in [0.2, 0.25) is 0 Å². The number of aromatic nitrogens is 3. The fraction of sp³-hybridized carbons (Fsp3) is 0.259. The van der Waals surface area contributed by atoms with Crippen molar-refractivity contribution in [3.8, 4) is 11.4 Å². The van der Waals surface area contributed by atoms with Gasteiger partial charge in [-0.05, 0) is 28.7 Å². The highest BCUT2D eigenvalue weighted by atomic mass is 32.2. The molecule has 0 aliphatic rings. The lowest BCUT2D eigenvalue weighted by atomic mass is 9.87. The van der Waals surface area contributed by atoms with Crippen molar-refractivity contribution in [2.75, 3.05) is 5.75 Å². The highest BCUT2D eigenvalue weighted by Crippen LogP contribution is 2.27. The molecule has 174 valence electrons. The molecule has 6 nitrogen and oxygen atoms in total. The second kappa shape index (κ2) is 10.2. The highest BCUT2D eigenvalue weighted by molar-refractivity contribution is 7.99. The maximum absolute atomic E-state index is 12.4. The minimum atomic E-state index is -0.191. The number of thioether (sulfide) groups is 1. The Morgan fingerprint density at radius 3 is 2.50 bits per heavy atom. The van der Waals surface area contributed by atoms with E-state index in [1.54, 1.807) is 6.21 Å². The number of hydrazone groups is 1. The lowest BCUT2D eigenvalue weighted by Gasteiger charge is -2.19. The Morgan fingerprint density at radius 2 is 1.76 bits per heavy atom. The van der Waals surface area contributed by atoms with Gasteiger partial charge in [0.15, 0.2) is 11.0 Å². The van der Waals surface area contributed by atoms with Gasteiger partial charge in [-0.15, -0.1) is 10.2 Å². The Bertz CT molecular complexity index is 1310. The van der Waals surface area contributed by atoms with Gasteiger partial charge in [0, 0.05) is 17.7 Å². The summed E-state index contributed by atoms with van der Waals surface area (Å²) in [6.07, 6.45) is 1.68. The molecule has 34 heavy (non-hydrogen) atoms. The van der Waals surface area contributed by atoms with Gasteiger partial charge < -0.3 is 4.57 Å². The monoisotopic (exact) mass is 471 g/mol. The van der Waals surface area contributed by atoms with Crippen molar-refractivity contribution in [3.05, 3.63) is 77.9 Å². The van der Waals surface area contributed by atoms with Crippen molar-refractivity contribution >= 4 is 34.7 Å². The first kappa shape index (κ1) is 23.7. The van der Waals surface area contributed by atoms with E-state index in [-0.39, 0.29) is 17.1 Å². The summed E-state index contributed by atoms with van der Waals surface area (Å²) in [7, 11) is 0. The zero-order chi connectivity index (χ0) is 24.1. The molecule has 0 unspecified atom stereocenters. The maximum Gasteiger partial charge on any atom is 0.250 e. The molecule has 0 aliphatic carbocycles. The summed E-state index contributed by atoms with van der Waals surface area (Å²) in [4.78, 5) is 12.4. The van der Waals surface area contributed by atoms with E-state index in [0.29, 0.717) is 11.7 Å². The van der Waals surface area contributed by atoms with Gasteiger partial charge >= 0.3 is 0 Å². The quantitative estimate of drug-likeness (QED) is 0.214. The van der Waals surface area contributed by atoms with Crippen LogP contribution in [0.1, 0.15) is 38.8 Å². The average Bonchev–Trinajstić information content (AvgIpc) is 3.25. The molecule has 0 saturated carbocycles. The lowest BCUT2D eigenvalue weighted by Crippen LogP contribution is -2.20. The normalized spacial score (nSPS) is 11.9. The summed E-state index contributed by atoms with van der Waals surface area (Å²) >= 11 is 1.35. The topological polar surface area (TPSA) is 72.2 Å². The number of carbonyl (C=O) groups excluding carboxylic acids is 1. The molecule has 1 N–H and O–H groups in total. The molecule has 4 rings (SSSR count). The molecule has 7 heteroatoms. The van der Waals surface area contributed by atoms with Crippen LogP contribution in [0, 0.1) is 0 Å². The standard InChI is InChI=1S/C27H29N5OS/c1-5-32-25(20-13-15-22(16-14-20)27(2,3)4)30-31-26(32)34-18-24(33)29-28-17-21-11-8-10-19-9-6-7-12-23(19)21/h6-17H,5,18H2,1-4H3,(H,29,33)/b28-17-. The third kappa shape index (κ3) is 5.37. The molecule has 0 radical (unpaired) electrons. The zero-order valence-corrected chi connectivity index (χ0v) is 20.8. The number of hydrogen-bond acceptors (Lipinski definition) is 5. The smallest absolute Gasteiger partial charge is 0.250 e. The van der Waals surface area contributed by atoms with E-state index in [9.17, 15) is 4.79 Å². The number of nitrogens with one attached hydrogen (secondary N) is 1. The van der Waals surface area contributed by atoms with Gasteiger partial charge in [-0.1, -0.05) is 99.3 Å². The second-order valence-electron chi connectivity index (χ2n) is 9.03. The summed E-state index contributed by atoms with van der Waals surface area (Å²) in [5, 5.41) is 15.8. The fourth-order valence-corrected chi connectivity index (χ4v) is 4.51. The Kier molecular flexibility index (Phi) is 7.12. The van der Waals surface area contributed by atoms with Crippen LogP contribution in [0.15, 0.2) is 77.0 Å². The molecule has 0 saturated heterocycles. The molecule has 1 amide bonds. The zero-order valence-electron chi connectivity index (χ0n) is 19.9. The Labute approximate surface area is 204 Å². The third-order valence-corrected chi connectivity index (χ3v) is 6.56. The van der Waals surface area contributed by atoms with Crippen LogP contribution in [0.3, 0.4) is 0 Å². The van der Waals surface area contributed by atoms with E-state index < -0.39 is 0 Å². The van der Waals surface area contributed by atoms with Crippen LogP contribution < -0.4 is 5.43 Å². The number of amides is 1. The van der Waals surface area contributed by atoms with Gasteiger partial charge in [-0.3, -0.25) is 4.79 Å². The summed E-state index contributed by atoms with van der Waals surface area (Å²) in [5.74, 6) is 0.816. The van der Waals surface area contributed by atoms with Crippen LogP contribution in [-0.2, 0) is 16.8 Å². The van der Waals surface area contributed by atoms with Crippen LogP contribution in [0.4, 0.5) is 0 Å². The Balaban J connectivity index is 1.39. The summed E-state index contributed by atoms with van der Waals surface area (Å²) in [5.41, 5.74) is 5.96. The van der Waals surface area contributed by atoms with Crippen molar-refractivity contribution in [1.29, 1.82) is 0 Å². The number of carbonyl (C=O) groups is 1. The van der Waals surface area contributed by atoms with Crippen LogP contribution in [0.5, 0.6) is 0 Å². The van der Waals surface area contributed by atoms with E-state index in [2.05, 4.69) is 84.8 Å². The van der Waals surface area contributed by atoms with E-state index in [1.807, 2.05) is 34.9 Å². The second-order valence-corrected chi connectivity index (χ2v) is 9.97. The Morgan fingerprint density at radius 1 is 1.03 bits per heavy atom. The van der Waals surface area contributed by atoms with Crippen LogP contribution >= 0.6 is 11.8 Å². The molecule has 1 heterocycles. The average molecular weight is 472 g/mol. The first-order valence-corrected chi connectivity index (χ1v) is 12.3. The number of hydrogen-bond donors (Lipinski definition) is 1. The van der Waals surface area contributed by atoms with Gasteiger partial charge in [0.05, 0.1) is 12.0 Å². The molecule has 0 bridgehead atoms. The summed E-state index contributed by atoms with van der Waals surface area (Å²) < 4.78 is 2.03. The molecule has 0 atom stereocenters. The molecule has 0 spiro atoms. The molecular weight excluding hydrogens is 442 g/mol. The first-order valence-electron chi connectivity index (χ1n) is 11.3. The molecule has 4 aromatic rings. The van der Waals surface area contributed by atoms with E-state index >= 15 is 0 Å². The summed E-state index contributed by atoms with van der Waals surface area (Å²) in [6.45, 7) is 9.36. The largest absolute Gasteiger partial charge is 0.302 e. The van der Waals surface area contributed by atoms with Gasteiger partial charge in [0.25, 0.3) is 5.91 Å². The van der Waals surface area contributed by atoms with Gasteiger partial charge in [-0.2, -0.15) is 5.10 Å². The van der Waals surface area contributed by atoms with Crippen molar-refractivity contribution in [2.24, 2.45) is 5.10 Å². The fourth-order valence-electron chi connectivity index (χ4n) is 3.71. The minimum Gasteiger partial charge on any atom is -0.302 e. The van der Waals surface area contributed by atoms with Crippen molar-refractivity contribution < 1.29 is 4.79 Å². The van der Waals surface area contributed by atoms with Crippen molar-refractivity contribution in [2.45, 2.75) is 44.8 Å². The highest BCUT2D eigenvalue weighted by Gasteiger charge is 2.17. The Hall–Kier alpha value is -3.45. The van der Waals surface area contributed by atoms with E-state index in [0.717, 1.165) is 27.7 Å². The van der Waals surface area contributed by atoms with Gasteiger partial charge in [0.1, 0.15) is 0 Å². The van der Waals surface area contributed by atoms with Crippen LogP contribution in [0.25, 0.3) is 22.2 Å². The minimum absolute atomic E-state index is 0.0986. The van der Waals surface area contributed by atoms with Gasteiger partial charge in [0.2, 0.25) is 0 Å². The molecular formula is C27H29N5OS. The van der Waals surface area contributed by atoms with Crippen molar-refractivity contribution in [1.82, 2.24) is 20.2 Å². The molecule has 3 aromatic carbocycles. The van der Waals surface area contributed by atoms with E-state index in [1.165, 1.54) is 17.3 Å². The predicted molar refractivity (Wildman–Crippen MR) is 140 cm³/mol. The van der Waals surface area contributed by atoms with Crippen LogP contribution in [-0.4, -0.2) is 32.6 Å². The van der Waals surface area contributed by atoms with E-state index in [4.69, 9.17) is 0 Å². The predicted octanol–water partition coefficient (Wildman–Crippen LogP) is 5.66. The number of rotatable bonds is 7. The lowest BCUT2D eigenvalue weighted by molar-refractivity contribution is -0.118. The SMILES string of the molecule is CCn1c(SCC(=O)N/N=C\c2cccc3ccccc23)nnc1-c1ccc(C(C)(C)C)cc1. The third-order valence-electron chi connectivity index (χ3n) is 5.59. The number of nitrogens with zero attached hydrogens (tertiary/aromatic N) is 4. The number of fused-ring (bicyclic) bond motifs is 1. The first-order chi connectivity index (χ1) is 16.4.